The minimum Gasteiger partial charge on any atom is -0.310 e. The van der Waals surface area contributed by atoms with Crippen molar-refractivity contribution < 1.29 is 0 Å². The molecule has 2 aromatic carbocycles. The quantitative estimate of drug-likeness (QED) is 0.520. The van der Waals surface area contributed by atoms with E-state index in [-0.39, 0.29) is 6.04 Å². The summed E-state index contributed by atoms with van der Waals surface area (Å²) in [5.74, 6) is 0. The van der Waals surface area contributed by atoms with Crippen molar-refractivity contribution in [3.05, 3.63) is 67.0 Å². The minimum absolute atomic E-state index is 0.288. The Labute approximate surface area is 151 Å². The lowest BCUT2D eigenvalue weighted by molar-refractivity contribution is 0.527. The van der Waals surface area contributed by atoms with E-state index in [9.17, 15) is 0 Å². The fourth-order valence-electron chi connectivity index (χ4n) is 2.28. The fourth-order valence-corrected chi connectivity index (χ4v) is 3.62. The lowest BCUT2D eigenvalue weighted by Crippen LogP contribution is -2.24. The van der Waals surface area contributed by atoms with Gasteiger partial charge in [-0.2, -0.15) is 0 Å². The molecule has 4 heteroatoms. The molecule has 2 rings (SSSR count). The van der Waals surface area contributed by atoms with Gasteiger partial charge in [0.2, 0.25) is 0 Å². The second-order valence-corrected chi connectivity index (χ2v) is 7.59. The summed E-state index contributed by atoms with van der Waals surface area (Å²) < 4.78 is 3.42. The van der Waals surface area contributed by atoms with E-state index < -0.39 is 0 Å². The summed E-state index contributed by atoms with van der Waals surface area (Å²) >= 11 is 10.9. The van der Waals surface area contributed by atoms with Crippen LogP contribution in [-0.2, 0) is 6.42 Å². The van der Waals surface area contributed by atoms with Crippen molar-refractivity contribution in [1.82, 2.24) is 5.32 Å². The minimum atomic E-state index is 0.288. The molecule has 2 aromatic rings. The number of halogens is 3. The van der Waals surface area contributed by atoms with Gasteiger partial charge in [0.15, 0.2) is 0 Å². The topological polar surface area (TPSA) is 12.0 Å². The van der Waals surface area contributed by atoms with E-state index in [1.807, 2.05) is 0 Å². The van der Waals surface area contributed by atoms with Crippen molar-refractivity contribution in [1.29, 1.82) is 0 Å². The summed E-state index contributed by atoms with van der Waals surface area (Å²) in [7, 11) is 0. The van der Waals surface area contributed by atoms with Crippen LogP contribution in [0.5, 0.6) is 0 Å². The normalized spacial score (nSPS) is 12.4. The van der Waals surface area contributed by atoms with Crippen LogP contribution in [0.15, 0.2) is 55.9 Å². The molecule has 0 aliphatic rings. The average molecular weight is 476 g/mol. The Bertz CT molecular complexity index is 598. The van der Waals surface area contributed by atoms with Crippen LogP contribution in [0.3, 0.4) is 0 Å². The standard InChI is InChI=1S/C17H18Br3N/c1-2-9-21-17(10-12-5-3-4-6-15(12)19)14-11-13(18)7-8-16(14)20/h3-8,11,17,21H,2,9-10H2,1H3. The molecular formula is C17H18Br3N. The average Bonchev–Trinajstić information content (AvgIpc) is 2.48. The highest BCUT2D eigenvalue weighted by atomic mass is 79.9. The van der Waals surface area contributed by atoms with Crippen LogP contribution in [0.2, 0.25) is 0 Å². The molecular weight excluding hydrogens is 458 g/mol. The van der Waals surface area contributed by atoms with Crippen LogP contribution in [0.25, 0.3) is 0 Å². The van der Waals surface area contributed by atoms with Gasteiger partial charge >= 0.3 is 0 Å². The summed E-state index contributed by atoms with van der Waals surface area (Å²) in [4.78, 5) is 0. The van der Waals surface area contributed by atoms with Crippen LogP contribution in [0.4, 0.5) is 0 Å². The molecule has 1 unspecified atom stereocenters. The van der Waals surface area contributed by atoms with Gasteiger partial charge in [0.25, 0.3) is 0 Å². The summed E-state index contributed by atoms with van der Waals surface area (Å²) in [6, 6.07) is 15.1. The van der Waals surface area contributed by atoms with Crippen molar-refractivity contribution in [3.63, 3.8) is 0 Å². The molecule has 0 aliphatic heterocycles. The third kappa shape index (κ3) is 4.92. The van der Waals surface area contributed by atoms with E-state index in [2.05, 4.69) is 102 Å². The zero-order valence-corrected chi connectivity index (χ0v) is 16.6. The van der Waals surface area contributed by atoms with Gasteiger partial charge in [0.05, 0.1) is 0 Å². The van der Waals surface area contributed by atoms with Crippen LogP contribution < -0.4 is 5.32 Å². The second-order valence-electron chi connectivity index (χ2n) is 4.97. The Balaban J connectivity index is 2.30. The number of hydrogen-bond acceptors (Lipinski definition) is 1. The highest BCUT2D eigenvalue weighted by molar-refractivity contribution is 9.11. The molecule has 1 N–H and O–H groups in total. The molecule has 0 aliphatic carbocycles. The van der Waals surface area contributed by atoms with E-state index in [0.29, 0.717) is 0 Å². The van der Waals surface area contributed by atoms with E-state index in [1.54, 1.807) is 0 Å². The molecule has 0 bridgehead atoms. The summed E-state index contributed by atoms with van der Waals surface area (Å²) in [6.45, 7) is 3.20. The van der Waals surface area contributed by atoms with Gasteiger partial charge in [-0.15, -0.1) is 0 Å². The number of hydrogen-bond donors (Lipinski definition) is 1. The Morgan fingerprint density at radius 3 is 2.48 bits per heavy atom. The van der Waals surface area contributed by atoms with Crippen molar-refractivity contribution in [3.8, 4) is 0 Å². The molecule has 1 nitrogen and oxygen atoms in total. The first-order chi connectivity index (χ1) is 10.1. The first-order valence-corrected chi connectivity index (χ1v) is 9.41. The maximum atomic E-state index is 3.68. The van der Waals surface area contributed by atoms with Gasteiger partial charge in [-0.3, -0.25) is 0 Å². The van der Waals surface area contributed by atoms with Crippen LogP contribution in [0, 0.1) is 0 Å². The van der Waals surface area contributed by atoms with E-state index in [4.69, 9.17) is 0 Å². The number of rotatable bonds is 6. The van der Waals surface area contributed by atoms with Gasteiger partial charge in [0, 0.05) is 19.5 Å². The molecule has 112 valence electrons. The van der Waals surface area contributed by atoms with Crippen molar-refractivity contribution in [2.24, 2.45) is 0 Å². The fraction of sp³-hybridized carbons (Fsp3) is 0.294. The van der Waals surface area contributed by atoms with Crippen LogP contribution in [-0.4, -0.2) is 6.54 Å². The highest BCUT2D eigenvalue weighted by Crippen LogP contribution is 2.30. The molecule has 21 heavy (non-hydrogen) atoms. The molecule has 0 aromatic heterocycles. The molecule has 0 amide bonds. The maximum absolute atomic E-state index is 3.68. The predicted molar refractivity (Wildman–Crippen MR) is 101 cm³/mol. The van der Waals surface area contributed by atoms with Gasteiger partial charge < -0.3 is 5.32 Å². The largest absolute Gasteiger partial charge is 0.310 e. The molecule has 1 atom stereocenters. The van der Waals surface area contributed by atoms with E-state index >= 15 is 0 Å². The number of benzene rings is 2. The third-order valence-electron chi connectivity index (χ3n) is 3.36. The SMILES string of the molecule is CCCNC(Cc1ccccc1Br)c1cc(Br)ccc1Br. The smallest absolute Gasteiger partial charge is 0.0372 e. The highest BCUT2D eigenvalue weighted by Gasteiger charge is 2.16. The predicted octanol–water partition coefficient (Wildman–Crippen LogP) is 6.26. The van der Waals surface area contributed by atoms with Gasteiger partial charge in [0.1, 0.15) is 0 Å². The van der Waals surface area contributed by atoms with Gasteiger partial charge in [-0.25, -0.2) is 0 Å². The Hall–Kier alpha value is -0.160. The third-order valence-corrected chi connectivity index (χ3v) is 5.35. The lowest BCUT2D eigenvalue weighted by Gasteiger charge is -2.21. The molecule has 0 radical (unpaired) electrons. The number of nitrogens with one attached hydrogen (secondary N) is 1. The Morgan fingerprint density at radius 2 is 1.76 bits per heavy atom. The maximum Gasteiger partial charge on any atom is 0.0372 e. The summed E-state index contributed by atoms with van der Waals surface area (Å²) in [5, 5.41) is 3.66. The van der Waals surface area contributed by atoms with Crippen molar-refractivity contribution in [2.45, 2.75) is 25.8 Å². The van der Waals surface area contributed by atoms with Gasteiger partial charge in [-0.1, -0.05) is 72.9 Å². The van der Waals surface area contributed by atoms with E-state index in [0.717, 1.165) is 28.3 Å². The molecule has 0 heterocycles. The van der Waals surface area contributed by atoms with Gasteiger partial charge in [-0.05, 0) is 54.8 Å². The summed E-state index contributed by atoms with van der Waals surface area (Å²) in [6.07, 6.45) is 2.08. The zero-order valence-electron chi connectivity index (χ0n) is 11.9. The first kappa shape index (κ1) is 17.2. The molecule has 0 fully saturated rings. The zero-order chi connectivity index (χ0) is 15.2. The van der Waals surface area contributed by atoms with E-state index in [1.165, 1.54) is 15.6 Å². The van der Waals surface area contributed by atoms with Crippen molar-refractivity contribution in [2.75, 3.05) is 6.54 Å². The lowest BCUT2D eigenvalue weighted by atomic mass is 9.98. The molecule has 0 saturated heterocycles. The van der Waals surface area contributed by atoms with Crippen LogP contribution >= 0.6 is 47.8 Å². The Kier molecular flexibility index (Phi) is 6.93. The summed E-state index contributed by atoms with van der Waals surface area (Å²) in [5.41, 5.74) is 2.60. The molecule has 0 saturated carbocycles. The van der Waals surface area contributed by atoms with Crippen LogP contribution in [0.1, 0.15) is 30.5 Å². The van der Waals surface area contributed by atoms with Crippen molar-refractivity contribution >= 4 is 47.8 Å². The second kappa shape index (κ2) is 8.47. The Morgan fingerprint density at radius 1 is 1.00 bits per heavy atom. The molecule has 0 spiro atoms. The monoisotopic (exact) mass is 473 g/mol. The first-order valence-electron chi connectivity index (χ1n) is 7.03.